The van der Waals surface area contributed by atoms with Crippen molar-refractivity contribution in [2.24, 2.45) is 5.92 Å². The average Bonchev–Trinajstić information content (AvgIpc) is 2.60. The summed E-state index contributed by atoms with van der Waals surface area (Å²) >= 11 is 0. The van der Waals surface area contributed by atoms with Crippen LogP contribution in [0.1, 0.15) is 31.1 Å². The number of carbonyl (C=O) groups is 3. The molecule has 26 heavy (non-hydrogen) atoms. The van der Waals surface area contributed by atoms with Crippen LogP contribution < -0.4 is 15.4 Å². The number of benzene rings is 1. The third-order valence-corrected chi connectivity index (χ3v) is 3.68. The van der Waals surface area contributed by atoms with E-state index in [0.717, 1.165) is 0 Å². The number of ether oxygens (including phenoxy) is 2. The highest BCUT2D eigenvalue weighted by Crippen LogP contribution is 2.13. The van der Waals surface area contributed by atoms with Crippen LogP contribution in [0.5, 0.6) is 5.75 Å². The van der Waals surface area contributed by atoms with Crippen LogP contribution in [0.25, 0.3) is 0 Å². The summed E-state index contributed by atoms with van der Waals surface area (Å²) in [6, 6.07) is 5.78. The highest BCUT2D eigenvalue weighted by Gasteiger charge is 2.26. The lowest BCUT2D eigenvalue weighted by molar-refractivity contribution is -0.148. The maximum atomic E-state index is 12.4. The number of carboxylic acids is 1. The molecule has 0 bridgehead atoms. The van der Waals surface area contributed by atoms with Gasteiger partial charge in [0, 0.05) is 12.7 Å². The molecule has 0 aromatic heterocycles. The molecular formula is C18H26N2O6. The highest BCUT2D eigenvalue weighted by atomic mass is 16.5. The summed E-state index contributed by atoms with van der Waals surface area (Å²) in [5, 5.41) is 14.1. The Balaban J connectivity index is 2.72. The van der Waals surface area contributed by atoms with Gasteiger partial charge in [0.15, 0.2) is 6.10 Å². The normalized spacial score (nSPS) is 13.0. The quantitative estimate of drug-likeness (QED) is 0.570. The first-order valence-electron chi connectivity index (χ1n) is 8.37. The van der Waals surface area contributed by atoms with E-state index < -0.39 is 29.9 Å². The van der Waals surface area contributed by atoms with Crippen molar-refractivity contribution in [3.05, 3.63) is 29.8 Å². The van der Waals surface area contributed by atoms with E-state index in [2.05, 4.69) is 10.6 Å². The molecule has 0 radical (unpaired) electrons. The van der Waals surface area contributed by atoms with E-state index in [-0.39, 0.29) is 12.5 Å². The van der Waals surface area contributed by atoms with E-state index in [4.69, 9.17) is 14.6 Å². The number of hydrogen-bond donors (Lipinski definition) is 3. The third-order valence-electron chi connectivity index (χ3n) is 3.68. The first kappa shape index (κ1) is 21.4. The molecule has 0 saturated heterocycles. The van der Waals surface area contributed by atoms with Gasteiger partial charge in [-0.05, 0) is 37.1 Å². The predicted molar refractivity (Wildman–Crippen MR) is 95.1 cm³/mol. The summed E-state index contributed by atoms with van der Waals surface area (Å²) in [7, 11) is 1.25. The highest BCUT2D eigenvalue weighted by molar-refractivity contribution is 5.97. The van der Waals surface area contributed by atoms with Gasteiger partial charge in [-0.25, -0.2) is 4.79 Å². The van der Waals surface area contributed by atoms with Gasteiger partial charge >= 0.3 is 5.97 Å². The van der Waals surface area contributed by atoms with Crippen molar-refractivity contribution < 1.29 is 29.0 Å². The maximum Gasteiger partial charge on any atom is 0.334 e. The number of amides is 2. The lowest BCUT2D eigenvalue weighted by atomic mass is 10.0. The first-order valence-corrected chi connectivity index (χ1v) is 8.37. The Labute approximate surface area is 152 Å². The minimum absolute atomic E-state index is 0.188. The minimum atomic E-state index is -1.17. The summed E-state index contributed by atoms with van der Waals surface area (Å²) in [4.78, 5) is 35.7. The number of nitrogens with one attached hydrogen (secondary N) is 2. The Hall–Kier alpha value is -2.61. The van der Waals surface area contributed by atoms with Crippen LogP contribution in [-0.2, 0) is 14.3 Å². The lowest BCUT2D eigenvalue weighted by Gasteiger charge is -2.22. The van der Waals surface area contributed by atoms with Crippen LogP contribution in [0.4, 0.5) is 0 Å². The summed E-state index contributed by atoms with van der Waals surface area (Å²) < 4.78 is 10.1. The smallest absolute Gasteiger partial charge is 0.334 e. The summed E-state index contributed by atoms with van der Waals surface area (Å²) in [6.07, 6.45) is -1.14. The predicted octanol–water partition coefficient (Wildman–Crippen LogP) is 1.06. The lowest BCUT2D eigenvalue weighted by Crippen LogP contribution is -2.51. The molecule has 1 aromatic rings. The van der Waals surface area contributed by atoms with E-state index in [1.54, 1.807) is 38.1 Å². The molecule has 1 aromatic carbocycles. The molecule has 0 spiro atoms. The monoisotopic (exact) mass is 366 g/mol. The number of carboxylic acid groups (broad SMARTS) is 1. The minimum Gasteiger partial charge on any atom is -0.494 e. The van der Waals surface area contributed by atoms with Crippen molar-refractivity contribution in [1.29, 1.82) is 0 Å². The third kappa shape index (κ3) is 6.36. The van der Waals surface area contributed by atoms with Crippen molar-refractivity contribution in [3.8, 4) is 5.75 Å². The molecule has 8 nitrogen and oxygen atoms in total. The fraction of sp³-hybridized carbons (Fsp3) is 0.500. The van der Waals surface area contributed by atoms with Crippen molar-refractivity contribution in [2.45, 2.75) is 32.9 Å². The number of hydrogen-bond acceptors (Lipinski definition) is 5. The van der Waals surface area contributed by atoms with Gasteiger partial charge in [0.1, 0.15) is 11.8 Å². The molecule has 3 N–H and O–H groups in total. The molecule has 1 rings (SSSR count). The SMILES string of the molecule is CCOc1ccc(C(=O)NC(C(=O)NCC(OC)C(=O)O)C(C)C)cc1. The summed E-state index contributed by atoms with van der Waals surface area (Å²) in [6.45, 7) is 5.78. The molecule has 0 aliphatic heterocycles. The van der Waals surface area contributed by atoms with Crippen molar-refractivity contribution in [2.75, 3.05) is 20.3 Å². The Bertz CT molecular complexity index is 615. The molecule has 0 aliphatic carbocycles. The molecule has 0 heterocycles. The molecular weight excluding hydrogens is 340 g/mol. The van der Waals surface area contributed by atoms with Crippen LogP contribution in [0.3, 0.4) is 0 Å². The fourth-order valence-corrected chi connectivity index (χ4v) is 2.20. The molecule has 144 valence electrons. The maximum absolute atomic E-state index is 12.4. The van der Waals surface area contributed by atoms with Gasteiger partial charge in [-0.1, -0.05) is 13.8 Å². The van der Waals surface area contributed by atoms with Crippen molar-refractivity contribution in [3.63, 3.8) is 0 Å². The van der Waals surface area contributed by atoms with Crippen molar-refractivity contribution >= 4 is 17.8 Å². The molecule has 0 fully saturated rings. The Morgan fingerprint density at radius 1 is 1.15 bits per heavy atom. The Morgan fingerprint density at radius 3 is 2.23 bits per heavy atom. The van der Waals surface area contributed by atoms with E-state index in [0.29, 0.717) is 17.9 Å². The van der Waals surface area contributed by atoms with Gasteiger partial charge in [0.05, 0.1) is 13.2 Å². The van der Waals surface area contributed by atoms with E-state index in [1.807, 2.05) is 6.92 Å². The molecule has 8 heteroatoms. The zero-order valence-corrected chi connectivity index (χ0v) is 15.4. The number of methoxy groups -OCH3 is 1. The Morgan fingerprint density at radius 2 is 1.77 bits per heavy atom. The number of rotatable bonds is 10. The van der Waals surface area contributed by atoms with E-state index in [1.165, 1.54) is 7.11 Å². The van der Waals surface area contributed by atoms with E-state index in [9.17, 15) is 14.4 Å². The van der Waals surface area contributed by atoms with Crippen molar-refractivity contribution in [1.82, 2.24) is 10.6 Å². The Kier molecular flexibility index (Phi) is 8.57. The molecule has 2 unspecified atom stereocenters. The van der Waals surface area contributed by atoms with Crippen LogP contribution in [0.15, 0.2) is 24.3 Å². The molecule has 2 amide bonds. The second kappa shape index (κ2) is 10.4. The number of carbonyl (C=O) groups excluding carboxylic acids is 2. The number of aliphatic carboxylic acids is 1. The molecule has 0 saturated carbocycles. The zero-order chi connectivity index (χ0) is 19.7. The second-order valence-corrected chi connectivity index (χ2v) is 5.96. The largest absolute Gasteiger partial charge is 0.494 e. The van der Waals surface area contributed by atoms with Crippen LogP contribution in [-0.4, -0.2) is 55.3 Å². The first-order chi connectivity index (χ1) is 12.3. The van der Waals surface area contributed by atoms with Gasteiger partial charge in [-0.3, -0.25) is 9.59 Å². The van der Waals surface area contributed by atoms with Gasteiger partial charge < -0.3 is 25.2 Å². The van der Waals surface area contributed by atoms with Crippen LogP contribution in [0.2, 0.25) is 0 Å². The summed E-state index contributed by atoms with van der Waals surface area (Å²) in [5.74, 6) is -1.58. The van der Waals surface area contributed by atoms with Crippen LogP contribution in [0, 0.1) is 5.92 Å². The topological polar surface area (TPSA) is 114 Å². The fourth-order valence-electron chi connectivity index (χ4n) is 2.20. The molecule has 2 atom stereocenters. The van der Waals surface area contributed by atoms with Gasteiger partial charge in [0.25, 0.3) is 5.91 Å². The van der Waals surface area contributed by atoms with Gasteiger partial charge in [-0.15, -0.1) is 0 Å². The second-order valence-electron chi connectivity index (χ2n) is 5.96. The molecule has 0 aliphatic rings. The zero-order valence-electron chi connectivity index (χ0n) is 15.4. The average molecular weight is 366 g/mol. The van der Waals surface area contributed by atoms with Gasteiger partial charge in [-0.2, -0.15) is 0 Å². The van der Waals surface area contributed by atoms with Gasteiger partial charge in [0.2, 0.25) is 5.91 Å². The van der Waals surface area contributed by atoms with Crippen LogP contribution >= 0.6 is 0 Å². The summed E-state index contributed by atoms with van der Waals surface area (Å²) in [5.41, 5.74) is 0.396. The standard InChI is InChI=1S/C18H26N2O6/c1-5-26-13-8-6-12(7-9-13)16(21)20-15(11(2)3)17(22)19-10-14(25-4)18(23)24/h6-9,11,14-15H,5,10H2,1-4H3,(H,19,22)(H,20,21)(H,23,24). The van der Waals surface area contributed by atoms with E-state index >= 15 is 0 Å².